The number of rotatable bonds is 5. The number of nitrogens with zero attached hydrogens (tertiary/aromatic N) is 2. The first kappa shape index (κ1) is 15.4. The molecule has 1 aromatic carbocycles. The number of thiophene rings is 1. The molecule has 1 N–H and O–H groups in total. The fourth-order valence-corrected chi connectivity index (χ4v) is 3.25. The van der Waals surface area contributed by atoms with Crippen molar-refractivity contribution in [3.63, 3.8) is 0 Å². The lowest BCUT2D eigenvalue weighted by atomic mass is 10.1. The molecule has 0 saturated carbocycles. The van der Waals surface area contributed by atoms with E-state index in [1.54, 1.807) is 12.3 Å². The van der Waals surface area contributed by atoms with Gasteiger partial charge in [-0.3, -0.25) is 0 Å². The first-order valence-electron chi connectivity index (χ1n) is 7.41. The normalized spacial score (nSPS) is 12.1. The van der Waals surface area contributed by atoms with Crippen LogP contribution in [0.1, 0.15) is 35.8 Å². The maximum Gasteiger partial charge on any atom is 0.339 e. The van der Waals surface area contributed by atoms with Crippen molar-refractivity contribution >= 4 is 33.3 Å². The highest BCUT2D eigenvalue weighted by Crippen LogP contribution is 2.31. The second kappa shape index (κ2) is 6.75. The number of esters is 1. The van der Waals surface area contributed by atoms with E-state index in [4.69, 9.17) is 4.74 Å². The Hall–Kier alpha value is -2.47. The minimum absolute atomic E-state index is 0.0595. The zero-order valence-electron chi connectivity index (χ0n) is 12.9. The molecule has 0 fully saturated rings. The van der Waals surface area contributed by atoms with E-state index in [-0.39, 0.29) is 12.0 Å². The van der Waals surface area contributed by atoms with Crippen LogP contribution in [-0.4, -0.2) is 22.5 Å². The molecule has 0 aliphatic heterocycles. The zero-order valence-corrected chi connectivity index (χ0v) is 13.8. The summed E-state index contributed by atoms with van der Waals surface area (Å²) in [6, 6.07) is 10.1. The van der Waals surface area contributed by atoms with Gasteiger partial charge in [0.05, 0.1) is 17.6 Å². The molecule has 0 saturated heterocycles. The van der Waals surface area contributed by atoms with E-state index in [0.29, 0.717) is 18.0 Å². The summed E-state index contributed by atoms with van der Waals surface area (Å²) in [6.45, 7) is 4.19. The molecular weight excluding hydrogens is 310 g/mol. The molecule has 0 amide bonds. The molecule has 2 aromatic heterocycles. The average molecular weight is 327 g/mol. The van der Waals surface area contributed by atoms with Crippen LogP contribution < -0.4 is 5.32 Å². The van der Waals surface area contributed by atoms with Gasteiger partial charge in [-0.2, -0.15) is 0 Å². The fraction of sp³-hybridized carbons (Fsp3) is 0.235. The van der Waals surface area contributed by atoms with E-state index in [1.165, 1.54) is 17.7 Å². The highest BCUT2D eigenvalue weighted by atomic mass is 32.1. The summed E-state index contributed by atoms with van der Waals surface area (Å²) >= 11 is 1.41. The van der Waals surface area contributed by atoms with E-state index in [2.05, 4.69) is 34.3 Å². The minimum atomic E-state index is -0.344. The molecule has 0 aliphatic rings. The van der Waals surface area contributed by atoms with Crippen LogP contribution in [0.15, 0.2) is 42.0 Å². The maximum absolute atomic E-state index is 12.1. The van der Waals surface area contributed by atoms with Crippen LogP contribution in [0.25, 0.3) is 10.2 Å². The molecule has 1 unspecified atom stereocenters. The Morgan fingerprint density at radius 2 is 2.09 bits per heavy atom. The van der Waals surface area contributed by atoms with Gasteiger partial charge in [-0.25, -0.2) is 14.8 Å². The average Bonchev–Trinajstić information content (AvgIpc) is 3.01. The highest BCUT2D eigenvalue weighted by Gasteiger charge is 2.19. The van der Waals surface area contributed by atoms with Gasteiger partial charge in [0, 0.05) is 11.4 Å². The lowest BCUT2D eigenvalue weighted by Crippen LogP contribution is -2.10. The van der Waals surface area contributed by atoms with Gasteiger partial charge in [0.15, 0.2) is 0 Å². The zero-order chi connectivity index (χ0) is 16.2. The van der Waals surface area contributed by atoms with Crippen LogP contribution in [0, 0.1) is 0 Å². The third kappa shape index (κ3) is 3.17. The summed E-state index contributed by atoms with van der Waals surface area (Å²) in [7, 11) is 0. The number of carbonyl (C=O) groups is 1. The minimum Gasteiger partial charge on any atom is -0.462 e. The SMILES string of the molecule is CCOC(=O)c1csc2ncnc(NC(C)c3ccccc3)c12. The predicted molar refractivity (Wildman–Crippen MR) is 91.9 cm³/mol. The molecule has 0 spiro atoms. The van der Waals surface area contributed by atoms with E-state index in [1.807, 2.05) is 18.2 Å². The molecule has 1 atom stereocenters. The van der Waals surface area contributed by atoms with E-state index >= 15 is 0 Å². The Labute approximate surface area is 138 Å². The summed E-state index contributed by atoms with van der Waals surface area (Å²) in [6.07, 6.45) is 1.51. The number of nitrogens with one attached hydrogen (secondary N) is 1. The van der Waals surface area contributed by atoms with Crippen molar-refractivity contribution in [2.75, 3.05) is 11.9 Å². The molecule has 0 bridgehead atoms. The number of aromatic nitrogens is 2. The molecule has 6 heteroatoms. The molecule has 118 valence electrons. The first-order valence-corrected chi connectivity index (χ1v) is 8.29. The van der Waals surface area contributed by atoms with Crippen molar-refractivity contribution in [3.8, 4) is 0 Å². The van der Waals surface area contributed by atoms with Crippen molar-refractivity contribution in [1.29, 1.82) is 0 Å². The number of benzene rings is 1. The summed E-state index contributed by atoms with van der Waals surface area (Å²) < 4.78 is 5.12. The third-order valence-corrected chi connectivity index (χ3v) is 4.40. The molecule has 2 heterocycles. The Morgan fingerprint density at radius 1 is 1.30 bits per heavy atom. The Bertz CT molecular complexity index is 817. The standard InChI is InChI=1S/C17H17N3O2S/c1-3-22-17(21)13-9-23-16-14(13)15(18-10-19-16)20-11(2)12-7-5-4-6-8-12/h4-11H,3H2,1-2H3,(H,18,19,20). The quantitative estimate of drug-likeness (QED) is 0.717. The van der Waals surface area contributed by atoms with Crippen LogP contribution in [0.3, 0.4) is 0 Å². The van der Waals surface area contributed by atoms with E-state index in [9.17, 15) is 4.79 Å². The van der Waals surface area contributed by atoms with Crippen molar-refractivity contribution in [3.05, 3.63) is 53.2 Å². The summed E-state index contributed by atoms with van der Waals surface area (Å²) in [4.78, 5) is 21.5. The van der Waals surface area contributed by atoms with Crippen LogP contribution >= 0.6 is 11.3 Å². The molecule has 3 rings (SSSR count). The van der Waals surface area contributed by atoms with Crippen molar-refractivity contribution < 1.29 is 9.53 Å². The predicted octanol–water partition coefficient (Wildman–Crippen LogP) is 4.04. The second-order valence-corrected chi connectivity index (χ2v) is 5.91. The number of fused-ring (bicyclic) bond motifs is 1. The van der Waals surface area contributed by atoms with Crippen LogP contribution in [0.5, 0.6) is 0 Å². The van der Waals surface area contributed by atoms with Gasteiger partial charge >= 0.3 is 5.97 Å². The lowest BCUT2D eigenvalue weighted by molar-refractivity contribution is 0.0529. The monoisotopic (exact) mass is 327 g/mol. The maximum atomic E-state index is 12.1. The van der Waals surface area contributed by atoms with Crippen LogP contribution in [0.2, 0.25) is 0 Å². The number of anilines is 1. The van der Waals surface area contributed by atoms with Gasteiger partial charge in [0.25, 0.3) is 0 Å². The van der Waals surface area contributed by atoms with Gasteiger partial charge in [-0.15, -0.1) is 11.3 Å². The van der Waals surface area contributed by atoms with Crippen molar-refractivity contribution in [1.82, 2.24) is 9.97 Å². The summed E-state index contributed by atoms with van der Waals surface area (Å²) in [5.74, 6) is 0.305. The molecule has 3 aromatic rings. The molecule has 0 radical (unpaired) electrons. The van der Waals surface area contributed by atoms with Crippen molar-refractivity contribution in [2.24, 2.45) is 0 Å². The smallest absolute Gasteiger partial charge is 0.339 e. The molecule has 0 aliphatic carbocycles. The lowest BCUT2D eigenvalue weighted by Gasteiger charge is -2.15. The van der Waals surface area contributed by atoms with Gasteiger partial charge in [0.1, 0.15) is 17.0 Å². The number of carbonyl (C=O) groups excluding carboxylic acids is 1. The largest absolute Gasteiger partial charge is 0.462 e. The number of hydrogen-bond donors (Lipinski definition) is 1. The fourth-order valence-electron chi connectivity index (χ4n) is 2.37. The Morgan fingerprint density at radius 3 is 2.83 bits per heavy atom. The topological polar surface area (TPSA) is 64.1 Å². The highest BCUT2D eigenvalue weighted by molar-refractivity contribution is 7.17. The Kier molecular flexibility index (Phi) is 4.52. The first-order chi connectivity index (χ1) is 11.2. The van der Waals surface area contributed by atoms with Crippen molar-refractivity contribution in [2.45, 2.75) is 19.9 Å². The number of hydrogen-bond acceptors (Lipinski definition) is 6. The van der Waals surface area contributed by atoms with Gasteiger partial charge in [-0.1, -0.05) is 30.3 Å². The molecule has 5 nitrogen and oxygen atoms in total. The Balaban J connectivity index is 1.97. The van der Waals surface area contributed by atoms with Gasteiger partial charge < -0.3 is 10.1 Å². The second-order valence-electron chi connectivity index (χ2n) is 5.05. The summed E-state index contributed by atoms with van der Waals surface area (Å²) in [5.41, 5.74) is 1.65. The third-order valence-electron chi connectivity index (χ3n) is 3.52. The van der Waals surface area contributed by atoms with E-state index < -0.39 is 0 Å². The summed E-state index contributed by atoms with van der Waals surface area (Å²) in [5, 5.41) is 5.87. The van der Waals surface area contributed by atoms with Gasteiger partial charge in [0.2, 0.25) is 0 Å². The molecule has 23 heavy (non-hydrogen) atoms. The van der Waals surface area contributed by atoms with Crippen LogP contribution in [-0.2, 0) is 4.74 Å². The van der Waals surface area contributed by atoms with Crippen LogP contribution in [0.4, 0.5) is 5.82 Å². The molecular formula is C17H17N3O2S. The van der Waals surface area contributed by atoms with E-state index in [0.717, 1.165) is 15.8 Å². The van der Waals surface area contributed by atoms with Gasteiger partial charge in [-0.05, 0) is 19.4 Å². The number of ether oxygens (including phenoxy) is 1.